The van der Waals surface area contributed by atoms with Crippen molar-refractivity contribution < 1.29 is 9.90 Å². The normalized spacial score (nSPS) is 12.8. The molecule has 0 aromatic rings. The lowest BCUT2D eigenvalue weighted by molar-refractivity contribution is -0.306. The molecular weight excluding hydrogens is 152 g/mol. The van der Waals surface area contributed by atoms with Gasteiger partial charge >= 0.3 is 0 Å². The zero-order valence-corrected chi connectivity index (χ0v) is 8.14. The Balaban J connectivity index is 3.45. The van der Waals surface area contributed by atoms with Gasteiger partial charge in [0.2, 0.25) is 0 Å². The summed E-state index contributed by atoms with van der Waals surface area (Å²) in [7, 11) is 0. The minimum Gasteiger partial charge on any atom is -0.550 e. The molecule has 0 saturated heterocycles. The fraction of sp³-hybridized carbons (Fsp3) is 0.900. The molecule has 2 heteroatoms. The summed E-state index contributed by atoms with van der Waals surface area (Å²) < 4.78 is 0. The van der Waals surface area contributed by atoms with E-state index in [1.165, 1.54) is 19.3 Å². The molecule has 0 aromatic carbocycles. The van der Waals surface area contributed by atoms with Crippen LogP contribution in [-0.2, 0) is 4.79 Å². The van der Waals surface area contributed by atoms with E-state index in [0.29, 0.717) is 5.92 Å². The van der Waals surface area contributed by atoms with E-state index in [1.807, 2.05) is 0 Å². The highest BCUT2D eigenvalue weighted by molar-refractivity contribution is 5.64. The number of carboxylic acid groups (broad SMARTS) is 1. The summed E-state index contributed by atoms with van der Waals surface area (Å²) in [5.74, 6) is -0.326. The SMILES string of the molecule is CCCC[C@H](CC)CCC(=O)[O-]. The van der Waals surface area contributed by atoms with Crippen LogP contribution in [0, 0.1) is 5.92 Å². The summed E-state index contributed by atoms with van der Waals surface area (Å²) in [6.07, 6.45) is 5.68. The molecule has 72 valence electrons. The van der Waals surface area contributed by atoms with Crippen molar-refractivity contribution in [3.63, 3.8) is 0 Å². The Morgan fingerprint density at radius 3 is 2.42 bits per heavy atom. The van der Waals surface area contributed by atoms with Gasteiger partial charge in [-0.3, -0.25) is 0 Å². The Hall–Kier alpha value is -0.530. The van der Waals surface area contributed by atoms with Crippen molar-refractivity contribution in [3.8, 4) is 0 Å². The van der Waals surface area contributed by atoms with Crippen LogP contribution in [0.3, 0.4) is 0 Å². The van der Waals surface area contributed by atoms with E-state index in [2.05, 4.69) is 13.8 Å². The van der Waals surface area contributed by atoms with E-state index >= 15 is 0 Å². The Morgan fingerprint density at radius 2 is 2.00 bits per heavy atom. The van der Waals surface area contributed by atoms with E-state index in [0.717, 1.165) is 12.8 Å². The van der Waals surface area contributed by atoms with Gasteiger partial charge in [-0.25, -0.2) is 0 Å². The molecule has 0 aromatic heterocycles. The van der Waals surface area contributed by atoms with Crippen molar-refractivity contribution in [3.05, 3.63) is 0 Å². The van der Waals surface area contributed by atoms with Gasteiger partial charge in [0.25, 0.3) is 0 Å². The van der Waals surface area contributed by atoms with Gasteiger partial charge < -0.3 is 9.90 Å². The molecule has 1 atom stereocenters. The van der Waals surface area contributed by atoms with E-state index in [-0.39, 0.29) is 6.42 Å². The highest BCUT2D eigenvalue weighted by Gasteiger charge is 2.04. The zero-order chi connectivity index (χ0) is 9.40. The molecule has 12 heavy (non-hydrogen) atoms. The van der Waals surface area contributed by atoms with Crippen LogP contribution in [0.15, 0.2) is 0 Å². The molecule has 0 saturated carbocycles. The Bertz CT molecular complexity index is 121. The molecule has 0 amide bonds. The molecule has 0 unspecified atom stereocenters. The van der Waals surface area contributed by atoms with Crippen LogP contribution >= 0.6 is 0 Å². The van der Waals surface area contributed by atoms with Gasteiger partial charge in [-0.05, 0) is 18.8 Å². The predicted octanol–water partition coefficient (Wildman–Crippen LogP) is 1.73. The van der Waals surface area contributed by atoms with Crippen LogP contribution in [-0.4, -0.2) is 5.97 Å². The maximum Gasteiger partial charge on any atom is 0.0414 e. The second kappa shape index (κ2) is 7.14. The van der Waals surface area contributed by atoms with E-state index in [9.17, 15) is 9.90 Å². The average molecular weight is 171 g/mol. The molecule has 0 spiro atoms. The third kappa shape index (κ3) is 6.20. The summed E-state index contributed by atoms with van der Waals surface area (Å²) in [6, 6.07) is 0. The fourth-order valence-electron chi connectivity index (χ4n) is 1.37. The van der Waals surface area contributed by atoms with E-state index in [4.69, 9.17) is 0 Å². The standard InChI is InChI=1S/C10H20O2/c1-3-5-6-9(4-2)7-8-10(11)12/h9H,3-8H2,1-2H3,(H,11,12)/p-1/t9-/m0/s1. The van der Waals surface area contributed by atoms with Gasteiger partial charge in [0, 0.05) is 5.97 Å². The molecule has 0 radical (unpaired) electrons. The van der Waals surface area contributed by atoms with Gasteiger partial charge in [0.15, 0.2) is 0 Å². The third-order valence-electron chi connectivity index (χ3n) is 2.30. The van der Waals surface area contributed by atoms with Crippen LogP contribution in [0.4, 0.5) is 0 Å². The van der Waals surface area contributed by atoms with Crippen molar-refractivity contribution in [1.29, 1.82) is 0 Å². The van der Waals surface area contributed by atoms with Gasteiger partial charge in [-0.1, -0.05) is 39.5 Å². The van der Waals surface area contributed by atoms with E-state index in [1.54, 1.807) is 0 Å². The summed E-state index contributed by atoms with van der Waals surface area (Å²) >= 11 is 0. The first kappa shape index (κ1) is 11.5. The van der Waals surface area contributed by atoms with Crippen LogP contribution in [0.5, 0.6) is 0 Å². The predicted molar refractivity (Wildman–Crippen MR) is 47.5 cm³/mol. The minimum absolute atomic E-state index is 0.224. The highest BCUT2D eigenvalue weighted by Crippen LogP contribution is 2.17. The van der Waals surface area contributed by atoms with Crippen molar-refractivity contribution in [1.82, 2.24) is 0 Å². The van der Waals surface area contributed by atoms with Crippen LogP contribution in [0.1, 0.15) is 52.4 Å². The molecule has 0 heterocycles. The van der Waals surface area contributed by atoms with Crippen LogP contribution < -0.4 is 5.11 Å². The van der Waals surface area contributed by atoms with Crippen molar-refractivity contribution in [2.45, 2.75) is 52.4 Å². The lowest BCUT2D eigenvalue weighted by Crippen LogP contribution is -2.22. The van der Waals surface area contributed by atoms with Crippen LogP contribution in [0.2, 0.25) is 0 Å². The van der Waals surface area contributed by atoms with Crippen molar-refractivity contribution in [2.75, 3.05) is 0 Å². The number of carbonyl (C=O) groups is 1. The molecule has 0 bridgehead atoms. The van der Waals surface area contributed by atoms with E-state index < -0.39 is 5.97 Å². The zero-order valence-electron chi connectivity index (χ0n) is 8.14. The number of carboxylic acids is 1. The summed E-state index contributed by atoms with van der Waals surface area (Å²) in [4.78, 5) is 10.2. The Kier molecular flexibility index (Phi) is 6.82. The fourth-order valence-corrected chi connectivity index (χ4v) is 1.37. The first-order valence-electron chi connectivity index (χ1n) is 4.90. The minimum atomic E-state index is -0.912. The summed E-state index contributed by atoms with van der Waals surface area (Å²) in [5, 5.41) is 10.2. The van der Waals surface area contributed by atoms with Gasteiger partial charge in [-0.15, -0.1) is 0 Å². The average Bonchev–Trinajstić information content (AvgIpc) is 2.05. The Morgan fingerprint density at radius 1 is 1.33 bits per heavy atom. The number of carbonyl (C=O) groups excluding carboxylic acids is 1. The summed E-state index contributed by atoms with van der Waals surface area (Å²) in [5.41, 5.74) is 0. The van der Waals surface area contributed by atoms with Crippen LogP contribution in [0.25, 0.3) is 0 Å². The largest absolute Gasteiger partial charge is 0.550 e. The van der Waals surface area contributed by atoms with Crippen molar-refractivity contribution in [2.24, 2.45) is 5.92 Å². The van der Waals surface area contributed by atoms with Gasteiger partial charge in [-0.2, -0.15) is 0 Å². The number of rotatable bonds is 7. The van der Waals surface area contributed by atoms with Crippen molar-refractivity contribution >= 4 is 5.97 Å². The molecule has 0 aliphatic rings. The Labute approximate surface area is 75.0 Å². The number of unbranched alkanes of at least 4 members (excludes halogenated alkanes) is 1. The maximum absolute atomic E-state index is 10.2. The smallest absolute Gasteiger partial charge is 0.0414 e. The maximum atomic E-state index is 10.2. The number of aliphatic carboxylic acids is 1. The molecule has 0 aliphatic carbocycles. The molecule has 0 rings (SSSR count). The first-order valence-corrected chi connectivity index (χ1v) is 4.90. The number of hydrogen-bond donors (Lipinski definition) is 0. The highest BCUT2D eigenvalue weighted by atomic mass is 16.4. The second-order valence-corrected chi connectivity index (χ2v) is 3.33. The molecule has 0 fully saturated rings. The third-order valence-corrected chi connectivity index (χ3v) is 2.30. The van der Waals surface area contributed by atoms with Gasteiger partial charge in [0.05, 0.1) is 0 Å². The summed E-state index contributed by atoms with van der Waals surface area (Å²) in [6.45, 7) is 4.28. The quantitative estimate of drug-likeness (QED) is 0.585. The van der Waals surface area contributed by atoms with Gasteiger partial charge in [0.1, 0.15) is 0 Å². The lowest BCUT2D eigenvalue weighted by Gasteiger charge is -2.13. The first-order chi connectivity index (χ1) is 5.70. The lowest BCUT2D eigenvalue weighted by atomic mass is 9.94. The molecular formula is C10H19O2-. The molecule has 2 nitrogen and oxygen atoms in total. The molecule has 0 aliphatic heterocycles. The monoisotopic (exact) mass is 171 g/mol. The number of hydrogen-bond acceptors (Lipinski definition) is 2. The molecule has 0 N–H and O–H groups in total. The second-order valence-electron chi connectivity index (χ2n) is 3.33. The topological polar surface area (TPSA) is 40.1 Å².